The SMILES string of the molecule is O=[As](O)(O)SSSC1CCCCC1. The van der Waals surface area contributed by atoms with Crippen LogP contribution in [0.3, 0.4) is 0 Å². The van der Waals surface area contributed by atoms with Crippen molar-refractivity contribution in [1.29, 1.82) is 0 Å². The first-order valence-electron chi connectivity index (χ1n) is 4.15. The van der Waals surface area contributed by atoms with Crippen molar-refractivity contribution in [1.82, 2.24) is 0 Å². The zero-order valence-electron chi connectivity index (χ0n) is 7.09. The van der Waals surface area contributed by atoms with Gasteiger partial charge in [-0.05, 0) is 0 Å². The minimum atomic E-state index is -4.44. The van der Waals surface area contributed by atoms with Crippen molar-refractivity contribution < 1.29 is 11.9 Å². The van der Waals surface area contributed by atoms with Gasteiger partial charge < -0.3 is 0 Å². The van der Waals surface area contributed by atoms with E-state index in [1.165, 1.54) is 41.9 Å². The van der Waals surface area contributed by atoms with E-state index in [1.54, 1.807) is 10.8 Å². The maximum atomic E-state index is 10.6. The Bertz CT molecular complexity index is 190. The van der Waals surface area contributed by atoms with Gasteiger partial charge in [0, 0.05) is 0 Å². The van der Waals surface area contributed by atoms with Crippen LogP contribution in [0.1, 0.15) is 32.1 Å². The summed E-state index contributed by atoms with van der Waals surface area (Å²) in [5.41, 5.74) is 0. The molecule has 1 saturated carbocycles. The second-order valence-electron chi connectivity index (χ2n) is 2.99. The summed E-state index contributed by atoms with van der Waals surface area (Å²) in [6.45, 7) is 0. The molecule has 78 valence electrons. The van der Waals surface area contributed by atoms with E-state index < -0.39 is 13.0 Å². The molecule has 0 saturated heterocycles. The van der Waals surface area contributed by atoms with Crippen LogP contribution in [0.2, 0.25) is 0 Å². The molecule has 0 unspecified atom stereocenters. The van der Waals surface area contributed by atoms with Gasteiger partial charge in [0.15, 0.2) is 0 Å². The molecule has 1 aliphatic carbocycles. The molecule has 0 heterocycles. The second kappa shape index (κ2) is 6.03. The van der Waals surface area contributed by atoms with Crippen LogP contribution in [0.4, 0.5) is 0 Å². The van der Waals surface area contributed by atoms with E-state index in [1.807, 2.05) is 0 Å². The topological polar surface area (TPSA) is 57.5 Å². The molecule has 0 radical (unpaired) electrons. The normalized spacial score (nSPS) is 20.5. The molecular formula is C6H13AsO3S3. The van der Waals surface area contributed by atoms with E-state index in [0.717, 1.165) is 9.06 Å². The summed E-state index contributed by atoms with van der Waals surface area (Å²) in [5, 5.41) is 0.605. The van der Waals surface area contributed by atoms with Gasteiger partial charge in [-0.15, -0.1) is 0 Å². The van der Waals surface area contributed by atoms with Crippen molar-refractivity contribution in [2.75, 3.05) is 0 Å². The molecule has 0 spiro atoms. The summed E-state index contributed by atoms with van der Waals surface area (Å²) < 4.78 is 27.9. The van der Waals surface area contributed by atoms with Crippen LogP contribution in [0.15, 0.2) is 0 Å². The summed E-state index contributed by atoms with van der Waals surface area (Å²) in [5.74, 6) is 0. The molecule has 0 bridgehead atoms. The molecule has 0 atom stereocenters. The quantitative estimate of drug-likeness (QED) is 0.613. The van der Waals surface area contributed by atoms with Crippen molar-refractivity contribution in [3.8, 4) is 0 Å². The Kier molecular flexibility index (Phi) is 5.75. The summed E-state index contributed by atoms with van der Waals surface area (Å²) in [4.78, 5) is 0. The molecule has 7 heteroatoms. The van der Waals surface area contributed by atoms with Gasteiger partial charge in [0.05, 0.1) is 0 Å². The first-order valence-corrected chi connectivity index (χ1v) is 12.4. The van der Waals surface area contributed by atoms with Gasteiger partial charge >= 0.3 is 92.0 Å². The third-order valence-electron chi connectivity index (χ3n) is 1.86. The van der Waals surface area contributed by atoms with Crippen LogP contribution >= 0.6 is 29.7 Å². The molecule has 13 heavy (non-hydrogen) atoms. The summed E-state index contributed by atoms with van der Waals surface area (Å²) in [7, 11) is 3.63. The van der Waals surface area contributed by atoms with E-state index in [9.17, 15) is 3.74 Å². The molecule has 0 aromatic heterocycles. The average molecular weight is 304 g/mol. The van der Waals surface area contributed by atoms with E-state index in [-0.39, 0.29) is 0 Å². The second-order valence-corrected chi connectivity index (χ2v) is 14.1. The van der Waals surface area contributed by atoms with E-state index in [4.69, 9.17) is 8.19 Å². The van der Waals surface area contributed by atoms with Crippen molar-refractivity contribution in [3.63, 3.8) is 0 Å². The maximum absolute atomic E-state index is 10.6. The molecule has 1 aliphatic rings. The zero-order valence-corrected chi connectivity index (χ0v) is 11.4. The number of hydrogen-bond acceptors (Lipinski definition) is 4. The van der Waals surface area contributed by atoms with E-state index in [2.05, 4.69) is 0 Å². The molecule has 0 aromatic carbocycles. The van der Waals surface area contributed by atoms with Gasteiger partial charge in [0.2, 0.25) is 0 Å². The molecule has 3 nitrogen and oxygen atoms in total. The fourth-order valence-electron chi connectivity index (χ4n) is 1.27. The van der Waals surface area contributed by atoms with Crippen molar-refractivity contribution >= 4 is 42.7 Å². The molecular weight excluding hydrogens is 291 g/mol. The standard InChI is InChI=1S/C6H13AsO3S3/c8-7(9,10)12-13-11-6-4-2-1-3-5-6/h6H,1-5H2,(H2,8,9,10). The Labute approximate surface area is 91.6 Å². The fourth-order valence-corrected chi connectivity index (χ4v) is 11.8. The molecule has 0 aliphatic heterocycles. The Morgan fingerprint density at radius 1 is 1.15 bits per heavy atom. The van der Waals surface area contributed by atoms with Crippen LogP contribution in [0.5, 0.6) is 0 Å². The van der Waals surface area contributed by atoms with Gasteiger partial charge in [-0.2, -0.15) is 0 Å². The van der Waals surface area contributed by atoms with Gasteiger partial charge in [-0.25, -0.2) is 0 Å². The summed E-state index contributed by atoms with van der Waals surface area (Å²) >= 11 is -4.44. The summed E-state index contributed by atoms with van der Waals surface area (Å²) in [6.07, 6.45) is 6.25. The Morgan fingerprint density at radius 3 is 2.31 bits per heavy atom. The number of hydrogen-bond donors (Lipinski definition) is 2. The van der Waals surface area contributed by atoms with Gasteiger partial charge in [-0.3, -0.25) is 0 Å². The van der Waals surface area contributed by atoms with Crippen molar-refractivity contribution in [3.05, 3.63) is 0 Å². The third kappa shape index (κ3) is 6.42. The van der Waals surface area contributed by atoms with E-state index in [0.29, 0.717) is 5.25 Å². The molecule has 1 fully saturated rings. The third-order valence-corrected chi connectivity index (χ3v) is 13.1. The predicted octanol–water partition coefficient (Wildman–Crippen LogP) is 2.20. The van der Waals surface area contributed by atoms with Crippen LogP contribution in [-0.2, 0) is 3.74 Å². The summed E-state index contributed by atoms with van der Waals surface area (Å²) in [6, 6.07) is 0. The van der Waals surface area contributed by atoms with Crippen LogP contribution in [-0.4, -0.2) is 26.5 Å². The predicted molar refractivity (Wildman–Crippen MR) is 60.5 cm³/mol. The number of rotatable bonds is 4. The van der Waals surface area contributed by atoms with Gasteiger partial charge in [-0.1, -0.05) is 0 Å². The monoisotopic (exact) mass is 304 g/mol. The Hall–Kier alpha value is 1.33. The van der Waals surface area contributed by atoms with E-state index >= 15 is 0 Å². The van der Waals surface area contributed by atoms with Gasteiger partial charge in [0.1, 0.15) is 0 Å². The Morgan fingerprint density at radius 2 is 1.77 bits per heavy atom. The minimum absolute atomic E-state index is 0.605. The zero-order chi connectivity index (χ0) is 9.73. The van der Waals surface area contributed by atoms with Crippen LogP contribution in [0.25, 0.3) is 0 Å². The molecule has 1 rings (SSSR count). The first kappa shape index (κ1) is 12.4. The molecule has 0 aromatic rings. The van der Waals surface area contributed by atoms with Crippen molar-refractivity contribution in [2.45, 2.75) is 37.4 Å². The fraction of sp³-hybridized carbons (Fsp3) is 1.00. The van der Waals surface area contributed by atoms with Gasteiger partial charge in [0.25, 0.3) is 0 Å². The average Bonchev–Trinajstić information content (AvgIpc) is 2.04. The first-order chi connectivity index (χ1) is 6.08. The molecule has 0 amide bonds. The van der Waals surface area contributed by atoms with Crippen LogP contribution < -0.4 is 0 Å². The Balaban J connectivity index is 2.08. The van der Waals surface area contributed by atoms with Crippen LogP contribution in [0, 0.1) is 0 Å². The van der Waals surface area contributed by atoms with Crippen molar-refractivity contribution in [2.24, 2.45) is 0 Å². The molecule has 2 N–H and O–H groups in total.